The molecule has 9 heteroatoms. The highest BCUT2D eigenvalue weighted by Gasteiger charge is 2.43. The van der Waals surface area contributed by atoms with Crippen molar-refractivity contribution in [2.24, 2.45) is 0 Å². The Morgan fingerprint density at radius 2 is 1.52 bits per heavy atom. The molecule has 0 saturated heterocycles. The van der Waals surface area contributed by atoms with Crippen molar-refractivity contribution in [3.63, 3.8) is 0 Å². The van der Waals surface area contributed by atoms with E-state index in [-0.39, 0.29) is 11.9 Å². The summed E-state index contributed by atoms with van der Waals surface area (Å²) in [6.45, 7) is 0. The Morgan fingerprint density at radius 3 is 2.05 bits per heavy atom. The number of aromatic nitrogens is 2. The summed E-state index contributed by atoms with van der Waals surface area (Å²) in [5.41, 5.74) is -3.60. The van der Waals surface area contributed by atoms with Gasteiger partial charge in [-0.05, 0) is 24.3 Å². The lowest BCUT2D eigenvalue weighted by molar-refractivity contribution is -0.162. The SMILES string of the molecule is FC(F)(F)c1ccc(Oc2cccnn2)cc1C(F)(F)F. The van der Waals surface area contributed by atoms with Crippen molar-refractivity contribution < 1.29 is 31.1 Å². The molecule has 0 radical (unpaired) electrons. The smallest absolute Gasteiger partial charge is 0.417 e. The fraction of sp³-hybridized carbons (Fsp3) is 0.167. The number of ether oxygens (including phenoxy) is 1. The quantitative estimate of drug-likeness (QED) is 0.776. The maximum Gasteiger partial charge on any atom is 0.417 e. The summed E-state index contributed by atoms with van der Waals surface area (Å²) in [7, 11) is 0. The molecule has 0 amide bonds. The van der Waals surface area contributed by atoms with Gasteiger partial charge in [-0.25, -0.2) is 0 Å². The molecule has 0 bridgehead atoms. The van der Waals surface area contributed by atoms with Gasteiger partial charge in [-0.1, -0.05) is 0 Å². The predicted molar refractivity (Wildman–Crippen MR) is 58.6 cm³/mol. The summed E-state index contributed by atoms with van der Waals surface area (Å²) in [5.74, 6) is -0.554. The molecule has 0 aliphatic carbocycles. The van der Waals surface area contributed by atoms with Crippen molar-refractivity contribution >= 4 is 0 Å². The fourth-order valence-electron chi connectivity index (χ4n) is 1.53. The van der Waals surface area contributed by atoms with E-state index in [1.165, 1.54) is 18.3 Å². The molecule has 1 aromatic heterocycles. The first kappa shape index (κ1) is 15.1. The predicted octanol–water partition coefficient (Wildman–Crippen LogP) is 4.31. The molecule has 0 aliphatic rings. The highest BCUT2D eigenvalue weighted by molar-refractivity contribution is 5.40. The van der Waals surface area contributed by atoms with Gasteiger partial charge >= 0.3 is 12.4 Å². The molecule has 3 nitrogen and oxygen atoms in total. The van der Waals surface area contributed by atoms with Gasteiger partial charge in [0.25, 0.3) is 0 Å². The first-order valence-electron chi connectivity index (χ1n) is 5.42. The molecule has 0 saturated carbocycles. The van der Waals surface area contributed by atoms with Crippen molar-refractivity contribution in [3.8, 4) is 11.6 Å². The average Bonchev–Trinajstić information content (AvgIpc) is 2.37. The van der Waals surface area contributed by atoms with Crippen LogP contribution in [-0.2, 0) is 12.4 Å². The van der Waals surface area contributed by atoms with Crippen LogP contribution in [0, 0.1) is 0 Å². The third-order valence-electron chi connectivity index (χ3n) is 2.37. The van der Waals surface area contributed by atoms with Gasteiger partial charge in [0.05, 0.1) is 11.1 Å². The number of hydrogen-bond donors (Lipinski definition) is 0. The van der Waals surface area contributed by atoms with E-state index >= 15 is 0 Å². The maximum absolute atomic E-state index is 12.7. The molecule has 0 aliphatic heterocycles. The van der Waals surface area contributed by atoms with E-state index < -0.39 is 29.2 Å². The standard InChI is InChI=1S/C12H6F6N2O/c13-11(14,15)8-4-3-7(6-9(8)12(16,17)18)21-10-2-1-5-19-20-10/h1-6H. The lowest BCUT2D eigenvalue weighted by atomic mass is 10.1. The first-order valence-corrected chi connectivity index (χ1v) is 5.42. The van der Waals surface area contributed by atoms with Gasteiger partial charge in [-0.2, -0.15) is 31.4 Å². The van der Waals surface area contributed by atoms with Gasteiger partial charge < -0.3 is 4.74 Å². The third-order valence-corrected chi connectivity index (χ3v) is 2.37. The number of alkyl halides is 6. The van der Waals surface area contributed by atoms with Crippen LogP contribution in [0.25, 0.3) is 0 Å². The number of nitrogens with zero attached hydrogens (tertiary/aromatic N) is 2. The minimum atomic E-state index is -5.16. The van der Waals surface area contributed by atoms with E-state index in [2.05, 4.69) is 10.2 Å². The minimum Gasteiger partial charge on any atom is -0.438 e. The maximum atomic E-state index is 12.7. The molecule has 0 unspecified atom stereocenters. The van der Waals surface area contributed by atoms with Gasteiger partial charge in [0.15, 0.2) is 0 Å². The lowest BCUT2D eigenvalue weighted by Crippen LogP contribution is -2.16. The Bertz CT molecular complexity index is 624. The summed E-state index contributed by atoms with van der Waals surface area (Å²) >= 11 is 0. The molecule has 1 aromatic carbocycles. The van der Waals surface area contributed by atoms with Crippen molar-refractivity contribution in [3.05, 3.63) is 47.7 Å². The molecule has 21 heavy (non-hydrogen) atoms. The van der Waals surface area contributed by atoms with Gasteiger partial charge in [-0.3, -0.25) is 0 Å². The van der Waals surface area contributed by atoms with Crippen LogP contribution in [0.15, 0.2) is 36.5 Å². The van der Waals surface area contributed by atoms with E-state index in [9.17, 15) is 26.3 Å². The molecule has 0 spiro atoms. The molecule has 112 valence electrons. The van der Waals surface area contributed by atoms with Crippen LogP contribution in [0.4, 0.5) is 26.3 Å². The highest BCUT2D eigenvalue weighted by atomic mass is 19.4. The summed E-state index contributed by atoms with van der Waals surface area (Å²) in [6.07, 6.45) is -8.97. The lowest BCUT2D eigenvalue weighted by Gasteiger charge is -2.16. The van der Waals surface area contributed by atoms with Crippen LogP contribution in [0.1, 0.15) is 11.1 Å². The Labute approximate surface area is 114 Å². The molecule has 0 N–H and O–H groups in total. The molecular formula is C12H6F6N2O. The van der Waals surface area contributed by atoms with E-state index in [0.29, 0.717) is 6.07 Å². The van der Waals surface area contributed by atoms with Crippen LogP contribution < -0.4 is 4.74 Å². The van der Waals surface area contributed by atoms with Crippen LogP contribution in [-0.4, -0.2) is 10.2 Å². The summed E-state index contributed by atoms with van der Waals surface area (Å²) < 4.78 is 80.8. The Balaban J connectivity index is 2.43. The second-order valence-electron chi connectivity index (χ2n) is 3.87. The number of hydrogen-bond acceptors (Lipinski definition) is 3. The van der Waals surface area contributed by atoms with Crippen LogP contribution in [0.2, 0.25) is 0 Å². The van der Waals surface area contributed by atoms with Gasteiger partial charge in [0.1, 0.15) is 5.75 Å². The molecular weight excluding hydrogens is 302 g/mol. The highest BCUT2D eigenvalue weighted by Crippen LogP contribution is 2.42. The second kappa shape index (κ2) is 5.23. The molecule has 2 rings (SSSR count). The first-order chi connectivity index (χ1) is 9.68. The fourth-order valence-corrected chi connectivity index (χ4v) is 1.53. The van der Waals surface area contributed by atoms with E-state index in [0.717, 1.165) is 6.07 Å². The molecule has 0 atom stereocenters. The average molecular weight is 308 g/mol. The zero-order valence-electron chi connectivity index (χ0n) is 10.0. The number of benzene rings is 1. The molecule has 1 heterocycles. The van der Waals surface area contributed by atoms with Crippen LogP contribution >= 0.6 is 0 Å². The Hall–Kier alpha value is -2.32. The number of rotatable bonds is 2. The van der Waals surface area contributed by atoms with Crippen molar-refractivity contribution in [2.45, 2.75) is 12.4 Å². The van der Waals surface area contributed by atoms with Gasteiger partial charge in [0.2, 0.25) is 5.88 Å². The molecule has 0 fully saturated rings. The molecule has 2 aromatic rings. The van der Waals surface area contributed by atoms with Crippen molar-refractivity contribution in [2.75, 3.05) is 0 Å². The van der Waals surface area contributed by atoms with E-state index in [4.69, 9.17) is 4.74 Å². The zero-order chi connectivity index (χ0) is 15.7. The number of halogens is 6. The van der Waals surface area contributed by atoms with E-state index in [1.54, 1.807) is 0 Å². The largest absolute Gasteiger partial charge is 0.438 e. The minimum absolute atomic E-state index is 0.134. The monoisotopic (exact) mass is 308 g/mol. The normalized spacial score (nSPS) is 12.3. The summed E-state index contributed by atoms with van der Waals surface area (Å²) in [6, 6.07) is 4.09. The Kier molecular flexibility index (Phi) is 3.75. The van der Waals surface area contributed by atoms with Crippen molar-refractivity contribution in [1.29, 1.82) is 0 Å². The zero-order valence-corrected chi connectivity index (χ0v) is 10.0. The van der Waals surface area contributed by atoms with E-state index in [1.807, 2.05) is 0 Å². The summed E-state index contributed by atoms with van der Waals surface area (Å²) in [4.78, 5) is 0. The Morgan fingerprint density at radius 1 is 0.857 bits per heavy atom. The van der Waals surface area contributed by atoms with Gasteiger partial charge in [0, 0.05) is 12.3 Å². The topological polar surface area (TPSA) is 35.0 Å². The van der Waals surface area contributed by atoms with Crippen molar-refractivity contribution in [1.82, 2.24) is 10.2 Å². The van der Waals surface area contributed by atoms with Gasteiger partial charge in [-0.15, -0.1) is 5.10 Å². The van der Waals surface area contributed by atoms with Crippen LogP contribution in [0.3, 0.4) is 0 Å². The second-order valence-corrected chi connectivity index (χ2v) is 3.87. The third kappa shape index (κ3) is 3.61. The summed E-state index contributed by atoms with van der Waals surface area (Å²) in [5, 5.41) is 6.89. The van der Waals surface area contributed by atoms with Crippen LogP contribution in [0.5, 0.6) is 11.6 Å².